The highest BCUT2D eigenvalue weighted by atomic mass is 32.1. The van der Waals surface area contributed by atoms with Gasteiger partial charge < -0.3 is 10.4 Å². The van der Waals surface area contributed by atoms with Gasteiger partial charge >= 0.3 is 5.97 Å². The van der Waals surface area contributed by atoms with E-state index in [1.54, 1.807) is 5.38 Å². The van der Waals surface area contributed by atoms with Crippen LogP contribution in [0.15, 0.2) is 17.5 Å². The van der Waals surface area contributed by atoms with Crippen LogP contribution < -0.4 is 5.32 Å². The summed E-state index contributed by atoms with van der Waals surface area (Å²) < 4.78 is 0. The molecule has 2 aromatic rings. The van der Waals surface area contributed by atoms with Gasteiger partial charge in [-0.2, -0.15) is 0 Å². The molecule has 0 spiro atoms. The molecule has 2 N–H and O–H groups in total. The van der Waals surface area contributed by atoms with Crippen molar-refractivity contribution in [2.75, 3.05) is 5.32 Å². The quantitative estimate of drug-likeness (QED) is 0.834. The van der Waals surface area contributed by atoms with E-state index in [1.807, 2.05) is 6.07 Å². The van der Waals surface area contributed by atoms with Gasteiger partial charge in [0.25, 0.3) is 5.91 Å². The first-order valence-electron chi connectivity index (χ1n) is 6.80. The molecule has 0 radical (unpaired) electrons. The number of hydrogen-bond donors (Lipinski definition) is 2. The van der Waals surface area contributed by atoms with Crippen LogP contribution in [-0.2, 0) is 12.8 Å². The SMILES string of the molecule is CCCc1sc(C(=O)Nc2sccc2C(=O)O)cc1CC. The van der Waals surface area contributed by atoms with E-state index < -0.39 is 5.97 Å². The van der Waals surface area contributed by atoms with Crippen LogP contribution in [0.1, 0.15) is 50.7 Å². The number of anilines is 1. The van der Waals surface area contributed by atoms with E-state index in [0.717, 1.165) is 19.3 Å². The summed E-state index contributed by atoms with van der Waals surface area (Å²) >= 11 is 2.72. The van der Waals surface area contributed by atoms with Crippen molar-refractivity contribution in [2.45, 2.75) is 33.1 Å². The number of aromatic carboxylic acids is 1. The van der Waals surface area contributed by atoms with E-state index >= 15 is 0 Å². The number of carbonyl (C=O) groups excluding carboxylic acids is 1. The molecule has 0 aliphatic heterocycles. The molecule has 2 rings (SSSR count). The van der Waals surface area contributed by atoms with Crippen molar-refractivity contribution >= 4 is 39.6 Å². The number of amides is 1. The van der Waals surface area contributed by atoms with Crippen LogP contribution >= 0.6 is 22.7 Å². The molecule has 0 aliphatic rings. The van der Waals surface area contributed by atoms with Crippen molar-refractivity contribution in [3.63, 3.8) is 0 Å². The third-order valence-corrected chi connectivity index (χ3v) is 5.17. The van der Waals surface area contributed by atoms with Crippen LogP contribution in [0, 0.1) is 0 Å². The molecule has 0 unspecified atom stereocenters. The van der Waals surface area contributed by atoms with Crippen molar-refractivity contribution in [3.8, 4) is 0 Å². The lowest BCUT2D eigenvalue weighted by Gasteiger charge is -2.01. The Hall–Kier alpha value is -1.66. The normalized spacial score (nSPS) is 10.6. The number of rotatable bonds is 6. The number of hydrogen-bond acceptors (Lipinski definition) is 4. The Bertz CT molecular complexity index is 658. The summed E-state index contributed by atoms with van der Waals surface area (Å²) in [7, 11) is 0. The highest BCUT2D eigenvalue weighted by molar-refractivity contribution is 7.15. The average molecular weight is 323 g/mol. The molecule has 2 heterocycles. The lowest BCUT2D eigenvalue weighted by molar-refractivity contribution is 0.0698. The predicted molar refractivity (Wildman–Crippen MR) is 86.9 cm³/mol. The number of carbonyl (C=O) groups is 2. The molecule has 112 valence electrons. The first kappa shape index (κ1) is 15.7. The maximum Gasteiger partial charge on any atom is 0.338 e. The summed E-state index contributed by atoms with van der Waals surface area (Å²) in [5.74, 6) is -1.26. The van der Waals surface area contributed by atoms with E-state index in [4.69, 9.17) is 5.11 Å². The van der Waals surface area contributed by atoms with Gasteiger partial charge in [-0.3, -0.25) is 4.79 Å². The molecule has 0 aliphatic carbocycles. The van der Waals surface area contributed by atoms with Crippen LogP contribution in [-0.4, -0.2) is 17.0 Å². The monoisotopic (exact) mass is 323 g/mol. The third-order valence-electron chi connectivity index (χ3n) is 3.10. The van der Waals surface area contributed by atoms with Gasteiger partial charge in [-0.05, 0) is 35.9 Å². The van der Waals surface area contributed by atoms with Gasteiger partial charge in [0, 0.05) is 4.88 Å². The van der Waals surface area contributed by atoms with Gasteiger partial charge in [-0.25, -0.2) is 4.79 Å². The number of carboxylic acid groups (broad SMARTS) is 1. The summed E-state index contributed by atoms with van der Waals surface area (Å²) in [5, 5.41) is 13.8. The smallest absolute Gasteiger partial charge is 0.338 e. The molecule has 0 saturated heterocycles. The summed E-state index contributed by atoms with van der Waals surface area (Å²) in [4.78, 5) is 25.2. The number of nitrogens with one attached hydrogen (secondary N) is 1. The van der Waals surface area contributed by atoms with Gasteiger partial charge in [0.1, 0.15) is 5.00 Å². The third kappa shape index (κ3) is 3.51. The Balaban J connectivity index is 2.20. The summed E-state index contributed by atoms with van der Waals surface area (Å²) in [5.41, 5.74) is 1.34. The zero-order chi connectivity index (χ0) is 15.4. The molecular formula is C15H17NO3S2. The molecular weight excluding hydrogens is 306 g/mol. The summed E-state index contributed by atoms with van der Waals surface area (Å²) in [6.45, 7) is 4.19. The van der Waals surface area contributed by atoms with Crippen molar-refractivity contribution < 1.29 is 14.7 Å². The maximum atomic E-state index is 12.3. The maximum absolute atomic E-state index is 12.3. The van der Waals surface area contributed by atoms with Crippen LogP contribution in [0.5, 0.6) is 0 Å². The number of carboxylic acids is 1. The van der Waals surface area contributed by atoms with Gasteiger partial charge in [0.2, 0.25) is 0 Å². The van der Waals surface area contributed by atoms with Gasteiger partial charge in [-0.15, -0.1) is 22.7 Å². The lowest BCUT2D eigenvalue weighted by Crippen LogP contribution is -2.11. The van der Waals surface area contributed by atoms with Crippen LogP contribution in [0.4, 0.5) is 5.00 Å². The van der Waals surface area contributed by atoms with E-state index in [1.165, 1.54) is 39.2 Å². The Kier molecular flexibility index (Phi) is 5.14. The van der Waals surface area contributed by atoms with Crippen LogP contribution in [0.2, 0.25) is 0 Å². The molecule has 21 heavy (non-hydrogen) atoms. The standard InChI is InChI=1S/C15H17NO3S2/c1-3-5-11-9(4-2)8-12(21-11)13(17)16-14-10(15(18)19)6-7-20-14/h6-8H,3-5H2,1-2H3,(H,16,17)(H,18,19). The van der Waals surface area contributed by atoms with Crippen LogP contribution in [0.3, 0.4) is 0 Å². The Labute approximate surface area is 131 Å². The molecule has 0 fully saturated rings. The van der Waals surface area contributed by atoms with Crippen molar-refractivity contribution in [3.05, 3.63) is 38.4 Å². The fourth-order valence-corrected chi connectivity index (χ4v) is 4.08. The van der Waals surface area contributed by atoms with Crippen LogP contribution in [0.25, 0.3) is 0 Å². The molecule has 2 aromatic heterocycles. The van der Waals surface area contributed by atoms with Gasteiger partial charge in [-0.1, -0.05) is 20.3 Å². The van der Waals surface area contributed by atoms with E-state index in [9.17, 15) is 9.59 Å². The fraction of sp³-hybridized carbons (Fsp3) is 0.333. The van der Waals surface area contributed by atoms with E-state index in [2.05, 4.69) is 19.2 Å². The number of thiophene rings is 2. The van der Waals surface area contributed by atoms with Crippen molar-refractivity contribution in [1.82, 2.24) is 0 Å². The fourth-order valence-electron chi connectivity index (χ4n) is 2.06. The second kappa shape index (κ2) is 6.87. The molecule has 6 heteroatoms. The molecule has 0 atom stereocenters. The van der Waals surface area contributed by atoms with Crippen molar-refractivity contribution in [2.24, 2.45) is 0 Å². The zero-order valence-electron chi connectivity index (χ0n) is 11.9. The first-order valence-corrected chi connectivity index (χ1v) is 8.50. The van der Waals surface area contributed by atoms with Gasteiger partial charge in [0.05, 0.1) is 10.4 Å². The minimum Gasteiger partial charge on any atom is -0.478 e. The summed E-state index contributed by atoms with van der Waals surface area (Å²) in [6, 6.07) is 3.41. The topological polar surface area (TPSA) is 66.4 Å². The lowest BCUT2D eigenvalue weighted by atomic mass is 10.1. The largest absolute Gasteiger partial charge is 0.478 e. The molecule has 1 amide bonds. The predicted octanol–water partition coefficient (Wildman–Crippen LogP) is 4.28. The molecule has 0 aromatic carbocycles. The average Bonchev–Trinajstić information content (AvgIpc) is 3.05. The first-order chi connectivity index (χ1) is 10.1. The summed E-state index contributed by atoms with van der Waals surface area (Å²) in [6.07, 6.45) is 2.92. The number of aryl methyl sites for hydroxylation is 2. The second-order valence-corrected chi connectivity index (χ2v) is 6.64. The molecule has 0 saturated carbocycles. The second-order valence-electron chi connectivity index (χ2n) is 4.59. The van der Waals surface area contributed by atoms with Gasteiger partial charge in [0.15, 0.2) is 0 Å². The van der Waals surface area contributed by atoms with E-state index in [-0.39, 0.29) is 11.5 Å². The molecule has 0 bridgehead atoms. The van der Waals surface area contributed by atoms with Crippen molar-refractivity contribution in [1.29, 1.82) is 0 Å². The minimum atomic E-state index is -1.03. The Morgan fingerprint density at radius 1 is 1.33 bits per heavy atom. The van der Waals surface area contributed by atoms with E-state index in [0.29, 0.717) is 9.88 Å². The molecule has 4 nitrogen and oxygen atoms in total. The highest BCUT2D eigenvalue weighted by Gasteiger charge is 2.17. The highest BCUT2D eigenvalue weighted by Crippen LogP contribution is 2.28. The Morgan fingerprint density at radius 3 is 2.71 bits per heavy atom. The Morgan fingerprint density at radius 2 is 2.10 bits per heavy atom. The minimum absolute atomic E-state index is 0.134. The zero-order valence-corrected chi connectivity index (χ0v) is 13.6.